The highest BCUT2D eigenvalue weighted by atomic mass is 32.1. The molecule has 0 spiro atoms. The first-order valence-electron chi connectivity index (χ1n) is 6.10. The van der Waals surface area contributed by atoms with Crippen LogP contribution in [0.3, 0.4) is 0 Å². The maximum Gasteiger partial charge on any atom is 0.124 e. The molecule has 98 valence electrons. The Hall–Kier alpha value is -1.43. The zero-order valence-corrected chi connectivity index (χ0v) is 11.9. The van der Waals surface area contributed by atoms with E-state index in [2.05, 4.69) is 45.5 Å². The molecule has 0 radical (unpaired) electrons. The first kappa shape index (κ1) is 12.6. The summed E-state index contributed by atoms with van der Waals surface area (Å²) in [5, 5.41) is 11.7. The Kier molecular flexibility index (Phi) is 4.07. The van der Waals surface area contributed by atoms with Gasteiger partial charge in [-0.05, 0) is 22.9 Å². The third kappa shape index (κ3) is 3.32. The lowest BCUT2D eigenvalue weighted by Gasteiger charge is -2.15. The summed E-state index contributed by atoms with van der Waals surface area (Å²) >= 11 is 3.59. The number of thiophene rings is 2. The summed E-state index contributed by atoms with van der Waals surface area (Å²) in [5.41, 5.74) is 0.938. The summed E-state index contributed by atoms with van der Waals surface area (Å²) in [6.45, 7) is 0.727. The monoisotopic (exact) mass is 290 g/mol. The second-order valence-electron chi connectivity index (χ2n) is 4.22. The molecule has 0 amide bonds. The third-order valence-electron chi connectivity index (χ3n) is 2.89. The Morgan fingerprint density at radius 1 is 1.16 bits per heavy atom. The zero-order valence-electron chi connectivity index (χ0n) is 10.3. The minimum atomic E-state index is 0.329. The minimum Gasteiger partial charge on any atom is -0.364 e. The normalized spacial score (nSPS) is 12.6. The van der Waals surface area contributed by atoms with E-state index in [1.165, 1.54) is 9.75 Å². The van der Waals surface area contributed by atoms with Crippen LogP contribution in [0, 0.1) is 0 Å². The first-order chi connectivity index (χ1) is 9.42. The molecule has 0 fully saturated rings. The summed E-state index contributed by atoms with van der Waals surface area (Å²) in [7, 11) is 0. The lowest BCUT2D eigenvalue weighted by Crippen LogP contribution is -2.22. The van der Waals surface area contributed by atoms with Gasteiger partial charge in [0.15, 0.2) is 0 Å². The maximum atomic E-state index is 4.86. The van der Waals surface area contributed by atoms with Gasteiger partial charge >= 0.3 is 0 Å². The van der Waals surface area contributed by atoms with Crippen molar-refractivity contribution in [3.8, 4) is 0 Å². The Morgan fingerprint density at radius 2 is 2.05 bits per heavy atom. The van der Waals surface area contributed by atoms with Gasteiger partial charge in [0.1, 0.15) is 6.26 Å². The van der Waals surface area contributed by atoms with E-state index in [0.29, 0.717) is 6.04 Å². The fraction of sp³-hybridized carbons (Fsp3) is 0.214. The topological polar surface area (TPSA) is 38.1 Å². The van der Waals surface area contributed by atoms with Gasteiger partial charge in [-0.3, -0.25) is 0 Å². The van der Waals surface area contributed by atoms with Crippen LogP contribution in [-0.4, -0.2) is 5.16 Å². The minimum absolute atomic E-state index is 0.329. The summed E-state index contributed by atoms with van der Waals surface area (Å²) in [4.78, 5) is 2.75. The van der Waals surface area contributed by atoms with Crippen molar-refractivity contribution >= 4 is 22.7 Å². The molecule has 0 aliphatic heterocycles. The molecule has 1 N–H and O–H groups in total. The highest BCUT2D eigenvalue weighted by Gasteiger charge is 2.14. The Balaban J connectivity index is 1.69. The Bertz CT molecular complexity index is 573. The van der Waals surface area contributed by atoms with Crippen LogP contribution in [0.1, 0.15) is 21.5 Å². The molecule has 5 heteroatoms. The van der Waals surface area contributed by atoms with Crippen molar-refractivity contribution in [2.45, 2.75) is 19.0 Å². The molecular weight excluding hydrogens is 276 g/mol. The van der Waals surface area contributed by atoms with Crippen molar-refractivity contribution in [1.82, 2.24) is 10.5 Å². The van der Waals surface area contributed by atoms with E-state index in [9.17, 15) is 0 Å². The van der Waals surface area contributed by atoms with Gasteiger partial charge in [-0.15, -0.1) is 22.7 Å². The van der Waals surface area contributed by atoms with Crippen LogP contribution in [0.4, 0.5) is 0 Å². The first-order valence-corrected chi connectivity index (χ1v) is 7.86. The van der Waals surface area contributed by atoms with Gasteiger partial charge in [0, 0.05) is 34.8 Å². The van der Waals surface area contributed by atoms with E-state index >= 15 is 0 Å². The van der Waals surface area contributed by atoms with E-state index in [-0.39, 0.29) is 0 Å². The molecule has 19 heavy (non-hydrogen) atoms. The fourth-order valence-electron chi connectivity index (χ4n) is 1.95. The highest BCUT2D eigenvalue weighted by Crippen LogP contribution is 2.25. The maximum absolute atomic E-state index is 4.86. The molecule has 0 saturated carbocycles. The van der Waals surface area contributed by atoms with Gasteiger partial charge in [-0.2, -0.15) is 0 Å². The van der Waals surface area contributed by atoms with Crippen molar-refractivity contribution in [2.24, 2.45) is 0 Å². The summed E-state index contributed by atoms with van der Waals surface area (Å²) < 4.78 is 4.86. The van der Waals surface area contributed by atoms with Crippen LogP contribution >= 0.6 is 22.7 Å². The van der Waals surface area contributed by atoms with E-state index in [1.807, 2.05) is 6.07 Å². The number of hydrogen-bond acceptors (Lipinski definition) is 5. The highest BCUT2D eigenvalue weighted by molar-refractivity contribution is 7.10. The smallest absolute Gasteiger partial charge is 0.124 e. The molecule has 0 saturated heterocycles. The van der Waals surface area contributed by atoms with Gasteiger partial charge in [0.25, 0.3) is 0 Å². The van der Waals surface area contributed by atoms with Gasteiger partial charge in [0.05, 0.1) is 5.69 Å². The molecule has 0 aliphatic carbocycles. The largest absolute Gasteiger partial charge is 0.364 e. The quantitative estimate of drug-likeness (QED) is 0.749. The molecule has 3 aromatic rings. The number of hydrogen-bond donors (Lipinski definition) is 1. The van der Waals surface area contributed by atoms with E-state index < -0.39 is 0 Å². The van der Waals surface area contributed by atoms with Crippen LogP contribution in [0.5, 0.6) is 0 Å². The van der Waals surface area contributed by atoms with Gasteiger partial charge in [-0.25, -0.2) is 0 Å². The van der Waals surface area contributed by atoms with Crippen molar-refractivity contribution in [2.75, 3.05) is 0 Å². The van der Waals surface area contributed by atoms with Crippen molar-refractivity contribution in [1.29, 1.82) is 0 Å². The Morgan fingerprint density at radius 3 is 2.74 bits per heavy atom. The third-order valence-corrected chi connectivity index (χ3v) is 4.78. The van der Waals surface area contributed by atoms with Crippen LogP contribution in [0.15, 0.2) is 51.9 Å². The second-order valence-corrected chi connectivity index (χ2v) is 6.23. The van der Waals surface area contributed by atoms with Crippen molar-refractivity contribution < 1.29 is 4.52 Å². The van der Waals surface area contributed by atoms with Gasteiger partial charge in [-0.1, -0.05) is 17.3 Å². The van der Waals surface area contributed by atoms with E-state index in [4.69, 9.17) is 4.52 Å². The van der Waals surface area contributed by atoms with E-state index in [1.54, 1.807) is 28.9 Å². The van der Waals surface area contributed by atoms with Crippen LogP contribution in [0.2, 0.25) is 0 Å². The molecule has 0 aromatic carbocycles. The van der Waals surface area contributed by atoms with Gasteiger partial charge < -0.3 is 9.84 Å². The molecule has 3 rings (SSSR count). The second kappa shape index (κ2) is 6.14. The molecule has 0 aliphatic rings. The van der Waals surface area contributed by atoms with Gasteiger partial charge in [0.2, 0.25) is 0 Å². The zero-order chi connectivity index (χ0) is 12.9. The Labute approximate surface area is 119 Å². The molecule has 1 atom stereocenters. The molecule has 1 unspecified atom stereocenters. The molecule has 3 heterocycles. The van der Waals surface area contributed by atoms with Crippen LogP contribution < -0.4 is 5.32 Å². The molecular formula is C14H14N2OS2. The van der Waals surface area contributed by atoms with Crippen LogP contribution in [-0.2, 0) is 13.0 Å². The summed E-state index contributed by atoms with van der Waals surface area (Å²) in [6.07, 6.45) is 2.62. The number of rotatable bonds is 6. The predicted molar refractivity (Wildman–Crippen MR) is 78.4 cm³/mol. The molecule has 3 nitrogen and oxygen atoms in total. The van der Waals surface area contributed by atoms with Crippen LogP contribution in [0.25, 0.3) is 0 Å². The summed E-state index contributed by atoms with van der Waals surface area (Å²) in [6, 6.07) is 10.8. The fourth-order valence-corrected chi connectivity index (χ4v) is 3.50. The number of aromatic nitrogens is 1. The number of nitrogens with zero attached hydrogens (tertiary/aromatic N) is 1. The van der Waals surface area contributed by atoms with Crippen molar-refractivity contribution in [3.05, 3.63) is 62.8 Å². The van der Waals surface area contributed by atoms with E-state index in [0.717, 1.165) is 18.7 Å². The molecule has 0 bridgehead atoms. The SMILES string of the molecule is c1csc(CC(NCc2ccon2)c2cccs2)c1. The molecule has 3 aromatic heterocycles. The number of nitrogens with one attached hydrogen (secondary N) is 1. The lowest BCUT2D eigenvalue weighted by molar-refractivity contribution is 0.405. The summed E-state index contributed by atoms with van der Waals surface area (Å²) in [5.74, 6) is 0. The lowest BCUT2D eigenvalue weighted by atomic mass is 10.1. The standard InChI is InChI=1S/C14H14N2OS2/c1-3-12(18-7-1)9-13(14-4-2-8-19-14)15-10-11-5-6-17-16-11/h1-8,13,15H,9-10H2. The average Bonchev–Trinajstić information content (AvgIpc) is 3.15. The average molecular weight is 290 g/mol. The van der Waals surface area contributed by atoms with Crippen molar-refractivity contribution in [3.63, 3.8) is 0 Å². The predicted octanol–water partition coefficient (Wildman–Crippen LogP) is 3.87.